The molecule has 1 saturated carbocycles. The lowest BCUT2D eigenvalue weighted by Gasteiger charge is -2.32. The van der Waals surface area contributed by atoms with E-state index in [4.69, 9.17) is 0 Å². The van der Waals surface area contributed by atoms with Crippen LogP contribution < -0.4 is 16.0 Å². The van der Waals surface area contributed by atoms with Crippen molar-refractivity contribution in [1.29, 1.82) is 0 Å². The Morgan fingerprint density at radius 1 is 1.17 bits per heavy atom. The highest BCUT2D eigenvalue weighted by atomic mass is 16.2. The second kappa shape index (κ2) is 4.80. The minimum absolute atomic E-state index is 0.276. The van der Waals surface area contributed by atoms with Crippen molar-refractivity contribution in [3.63, 3.8) is 0 Å². The molecule has 1 N–H and O–H groups in total. The molecule has 1 aliphatic heterocycles. The number of para-hydroxylation sites is 1. The molecule has 2 amide bonds. The smallest absolute Gasteiger partial charge is 0.288 e. The Hall–Kier alpha value is -1.84. The fourth-order valence-electron chi connectivity index (χ4n) is 2.68. The number of amides is 2. The van der Waals surface area contributed by atoms with E-state index >= 15 is 0 Å². The zero-order valence-corrected chi connectivity index (χ0v) is 10.3. The first kappa shape index (κ1) is 11.3. The Morgan fingerprint density at radius 3 is 2.78 bits per heavy atom. The summed E-state index contributed by atoms with van der Waals surface area (Å²) >= 11 is 0. The maximum Gasteiger partial charge on any atom is 0.360 e. The highest BCUT2D eigenvalue weighted by Gasteiger charge is 2.21. The van der Waals surface area contributed by atoms with E-state index in [-0.39, 0.29) is 6.03 Å². The summed E-state index contributed by atoms with van der Waals surface area (Å²) in [4.78, 5) is 15.8. The maximum absolute atomic E-state index is 11.8. The lowest BCUT2D eigenvalue weighted by atomic mass is 9.95. The third kappa shape index (κ3) is 2.23. The summed E-state index contributed by atoms with van der Waals surface area (Å²) in [7, 11) is 0. The molecule has 1 heterocycles. The van der Waals surface area contributed by atoms with E-state index in [2.05, 4.69) is 10.4 Å². The van der Waals surface area contributed by atoms with Crippen LogP contribution in [0.4, 0.5) is 4.79 Å². The van der Waals surface area contributed by atoms with Crippen molar-refractivity contribution in [3.8, 4) is 0 Å². The van der Waals surface area contributed by atoms with Crippen LogP contribution >= 0.6 is 0 Å². The number of hydrazine groups is 1. The van der Waals surface area contributed by atoms with E-state index in [9.17, 15) is 4.79 Å². The summed E-state index contributed by atoms with van der Waals surface area (Å²) in [6.45, 7) is 0. The average molecular weight is 243 g/mol. The van der Waals surface area contributed by atoms with Gasteiger partial charge in [0, 0.05) is 17.5 Å². The van der Waals surface area contributed by atoms with Gasteiger partial charge in [-0.2, -0.15) is 4.99 Å². The summed E-state index contributed by atoms with van der Waals surface area (Å²) < 4.78 is 0. The van der Waals surface area contributed by atoms with Gasteiger partial charge in [-0.15, -0.1) is 0 Å². The first-order chi connectivity index (χ1) is 8.83. The SMILES string of the molecule is O=C1N=c2ccccc2=CN(C2CCCCC2)N1. The van der Waals surface area contributed by atoms with Crippen LogP contribution in [0.3, 0.4) is 0 Å². The Kier molecular flexibility index (Phi) is 3.00. The molecular formula is C14H17N3O. The van der Waals surface area contributed by atoms with E-state index in [1.165, 1.54) is 19.3 Å². The number of carbonyl (C=O) groups excluding carboxylic acids is 1. The predicted octanol–water partition coefficient (Wildman–Crippen LogP) is 1.32. The average Bonchev–Trinajstić information content (AvgIpc) is 2.57. The molecule has 0 bridgehead atoms. The highest BCUT2D eigenvalue weighted by molar-refractivity contribution is 5.75. The molecule has 1 aromatic carbocycles. The van der Waals surface area contributed by atoms with Crippen molar-refractivity contribution in [1.82, 2.24) is 10.4 Å². The fraction of sp³-hybridized carbons (Fsp3) is 0.429. The van der Waals surface area contributed by atoms with Gasteiger partial charge in [0.25, 0.3) is 0 Å². The van der Waals surface area contributed by atoms with Gasteiger partial charge in [0.2, 0.25) is 0 Å². The lowest BCUT2D eigenvalue weighted by molar-refractivity contribution is 0.177. The molecule has 4 nitrogen and oxygen atoms in total. The van der Waals surface area contributed by atoms with Crippen LogP contribution in [0.1, 0.15) is 32.1 Å². The molecule has 94 valence electrons. The zero-order chi connectivity index (χ0) is 12.4. The number of fused-ring (bicyclic) bond motifs is 1. The number of benzene rings is 1. The molecule has 0 saturated heterocycles. The number of carbonyl (C=O) groups is 1. The molecule has 4 heteroatoms. The summed E-state index contributed by atoms with van der Waals surface area (Å²) in [5.41, 5.74) is 2.87. The molecule has 0 atom stereocenters. The van der Waals surface area contributed by atoms with E-state index in [0.717, 1.165) is 23.4 Å². The van der Waals surface area contributed by atoms with Gasteiger partial charge >= 0.3 is 6.03 Å². The quantitative estimate of drug-likeness (QED) is 0.808. The molecule has 1 fully saturated rings. The molecule has 0 spiro atoms. The Morgan fingerprint density at radius 2 is 1.94 bits per heavy atom. The zero-order valence-electron chi connectivity index (χ0n) is 10.3. The largest absolute Gasteiger partial charge is 0.360 e. The van der Waals surface area contributed by atoms with Crippen LogP contribution in [0.15, 0.2) is 29.3 Å². The van der Waals surface area contributed by atoms with Crippen LogP contribution in [-0.4, -0.2) is 17.1 Å². The summed E-state index contributed by atoms with van der Waals surface area (Å²) in [6, 6.07) is 7.87. The number of rotatable bonds is 1. The van der Waals surface area contributed by atoms with Crippen molar-refractivity contribution in [2.45, 2.75) is 38.1 Å². The Balaban J connectivity index is 1.99. The Labute approximate surface area is 106 Å². The monoisotopic (exact) mass is 243 g/mol. The maximum atomic E-state index is 11.8. The molecule has 0 unspecified atom stereocenters. The van der Waals surface area contributed by atoms with Gasteiger partial charge in [-0.3, -0.25) is 5.01 Å². The van der Waals surface area contributed by atoms with Crippen LogP contribution in [0.5, 0.6) is 0 Å². The molecular weight excluding hydrogens is 226 g/mol. The molecule has 3 rings (SSSR count). The molecule has 18 heavy (non-hydrogen) atoms. The summed E-state index contributed by atoms with van der Waals surface area (Å²) in [5, 5.41) is 3.70. The number of hydrogen-bond donors (Lipinski definition) is 1. The third-order valence-corrected chi connectivity index (χ3v) is 3.63. The summed E-state index contributed by atoms with van der Waals surface area (Å²) in [5.74, 6) is 0. The van der Waals surface area contributed by atoms with Crippen molar-refractivity contribution < 1.29 is 4.79 Å². The summed E-state index contributed by atoms with van der Waals surface area (Å²) in [6.07, 6.45) is 8.07. The van der Waals surface area contributed by atoms with Crippen LogP contribution in [0, 0.1) is 0 Å². The van der Waals surface area contributed by atoms with Gasteiger partial charge in [-0.25, -0.2) is 10.2 Å². The Bertz CT molecular complexity index is 561. The van der Waals surface area contributed by atoms with Crippen molar-refractivity contribution in [2.24, 2.45) is 4.99 Å². The standard InChI is InChI=1S/C14H17N3O/c18-14-15-13-9-5-4-6-11(13)10-17(16-14)12-7-2-1-3-8-12/h4-6,9-10,12H,1-3,7-8H2,(H,16,18). The number of hydrogen-bond acceptors (Lipinski definition) is 2. The van der Waals surface area contributed by atoms with Crippen molar-refractivity contribution in [3.05, 3.63) is 34.8 Å². The van der Waals surface area contributed by atoms with Crippen molar-refractivity contribution in [2.75, 3.05) is 0 Å². The van der Waals surface area contributed by atoms with Gasteiger partial charge in [-0.05, 0) is 18.9 Å². The second-order valence-electron chi connectivity index (χ2n) is 4.92. The van der Waals surface area contributed by atoms with Gasteiger partial charge in [0.1, 0.15) is 0 Å². The van der Waals surface area contributed by atoms with Crippen LogP contribution in [0.25, 0.3) is 6.20 Å². The minimum atomic E-state index is -0.276. The van der Waals surface area contributed by atoms with E-state index in [0.29, 0.717) is 6.04 Å². The van der Waals surface area contributed by atoms with E-state index < -0.39 is 0 Å². The second-order valence-corrected chi connectivity index (χ2v) is 4.92. The van der Waals surface area contributed by atoms with Crippen LogP contribution in [-0.2, 0) is 0 Å². The first-order valence-electron chi connectivity index (χ1n) is 6.57. The number of nitrogens with zero attached hydrogens (tertiary/aromatic N) is 2. The molecule has 1 aromatic rings. The lowest BCUT2D eigenvalue weighted by Crippen LogP contribution is -2.44. The van der Waals surface area contributed by atoms with Crippen LogP contribution in [0.2, 0.25) is 0 Å². The molecule has 0 radical (unpaired) electrons. The highest BCUT2D eigenvalue weighted by Crippen LogP contribution is 2.21. The normalized spacial score (nSPS) is 20.2. The molecule has 1 aliphatic carbocycles. The molecule has 0 aromatic heterocycles. The van der Waals surface area contributed by atoms with Crippen molar-refractivity contribution >= 4 is 12.2 Å². The topological polar surface area (TPSA) is 44.7 Å². The first-order valence-corrected chi connectivity index (χ1v) is 6.57. The molecule has 2 aliphatic rings. The van der Waals surface area contributed by atoms with Gasteiger partial charge < -0.3 is 0 Å². The van der Waals surface area contributed by atoms with Gasteiger partial charge in [0.05, 0.1) is 5.36 Å². The minimum Gasteiger partial charge on any atom is -0.288 e. The predicted molar refractivity (Wildman–Crippen MR) is 68.9 cm³/mol. The van der Waals surface area contributed by atoms with E-state index in [1.807, 2.05) is 35.5 Å². The fourth-order valence-corrected chi connectivity index (χ4v) is 2.68. The van der Waals surface area contributed by atoms with Gasteiger partial charge in [0.15, 0.2) is 0 Å². The number of nitrogens with one attached hydrogen (secondary N) is 1. The third-order valence-electron chi connectivity index (χ3n) is 3.63. The number of urea groups is 1. The van der Waals surface area contributed by atoms with Gasteiger partial charge in [-0.1, -0.05) is 37.5 Å². The van der Waals surface area contributed by atoms with E-state index in [1.54, 1.807) is 0 Å².